The van der Waals surface area contributed by atoms with Crippen molar-refractivity contribution >= 4 is 17.5 Å². The first kappa shape index (κ1) is 22.0. The number of likely N-dealkylation sites (tertiary alicyclic amines) is 1. The van der Waals surface area contributed by atoms with E-state index in [2.05, 4.69) is 22.5 Å². The van der Waals surface area contributed by atoms with Crippen LogP contribution in [0.15, 0.2) is 48.5 Å². The molecule has 1 fully saturated rings. The van der Waals surface area contributed by atoms with Gasteiger partial charge in [0, 0.05) is 24.7 Å². The molecule has 2 atom stereocenters. The van der Waals surface area contributed by atoms with Crippen LogP contribution in [0.2, 0.25) is 0 Å². The van der Waals surface area contributed by atoms with Gasteiger partial charge in [0.25, 0.3) is 11.8 Å². The molecule has 0 unspecified atom stereocenters. The van der Waals surface area contributed by atoms with Crippen molar-refractivity contribution in [3.05, 3.63) is 65.2 Å². The van der Waals surface area contributed by atoms with Crippen LogP contribution in [0.25, 0.3) is 0 Å². The van der Waals surface area contributed by atoms with Crippen molar-refractivity contribution in [1.29, 1.82) is 0 Å². The van der Waals surface area contributed by atoms with Crippen molar-refractivity contribution in [2.24, 2.45) is 5.92 Å². The van der Waals surface area contributed by atoms with Gasteiger partial charge in [-0.25, -0.2) is 0 Å². The third-order valence-electron chi connectivity index (χ3n) is 5.77. The van der Waals surface area contributed by atoms with E-state index < -0.39 is 0 Å². The second-order valence-electron chi connectivity index (χ2n) is 8.46. The summed E-state index contributed by atoms with van der Waals surface area (Å²) >= 11 is 0. The van der Waals surface area contributed by atoms with Crippen molar-refractivity contribution in [1.82, 2.24) is 10.2 Å². The predicted molar refractivity (Wildman–Crippen MR) is 122 cm³/mol. The normalized spacial score (nSPS) is 17.9. The molecule has 160 valence electrons. The molecule has 1 heterocycles. The first-order valence-electron chi connectivity index (χ1n) is 11.0. The molecule has 1 aliphatic heterocycles. The molecule has 0 aliphatic carbocycles. The Morgan fingerprint density at radius 3 is 2.53 bits per heavy atom. The van der Waals surface area contributed by atoms with Gasteiger partial charge in [0.15, 0.2) is 0 Å². The van der Waals surface area contributed by atoms with Crippen molar-refractivity contribution in [2.75, 3.05) is 18.4 Å². The molecule has 2 N–H and O–H groups in total. The van der Waals surface area contributed by atoms with Crippen LogP contribution in [-0.2, 0) is 6.54 Å². The van der Waals surface area contributed by atoms with E-state index in [1.54, 1.807) is 18.2 Å². The van der Waals surface area contributed by atoms with E-state index in [0.717, 1.165) is 32.0 Å². The number of carbonyl (C=O) groups is 2. The van der Waals surface area contributed by atoms with Crippen molar-refractivity contribution < 1.29 is 9.59 Å². The lowest BCUT2D eigenvalue weighted by Crippen LogP contribution is -2.33. The highest BCUT2D eigenvalue weighted by molar-refractivity contribution is 6.09. The summed E-state index contributed by atoms with van der Waals surface area (Å²) in [6.07, 6.45) is 3.42. The maximum Gasteiger partial charge on any atom is 0.255 e. The Morgan fingerprint density at radius 2 is 1.83 bits per heavy atom. The van der Waals surface area contributed by atoms with Crippen LogP contribution in [-0.4, -0.2) is 35.8 Å². The number of para-hydroxylation sites is 1. The fourth-order valence-electron chi connectivity index (χ4n) is 3.84. The highest BCUT2D eigenvalue weighted by Gasteiger charge is 2.17. The lowest BCUT2D eigenvalue weighted by atomic mass is 9.99. The molecule has 1 aliphatic rings. The zero-order valence-electron chi connectivity index (χ0n) is 18.3. The molecule has 5 nitrogen and oxygen atoms in total. The number of piperidine rings is 1. The van der Waals surface area contributed by atoms with E-state index >= 15 is 0 Å². The number of nitrogens with zero attached hydrogens (tertiary/aromatic N) is 1. The van der Waals surface area contributed by atoms with Crippen LogP contribution in [0.3, 0.4) is 0 Å². The largest absolute Gasteiger partial charge is 0.350 e. The minimum absolute atomic E-state index is 0.0803. The molecule has 0 bridgehead atoms. The highest BCUT2D eigenvalue weighted by atomic mass is 16.2. The second kappa shape index (κ2) is 10.4. The van der Waals surface area contributed by atoms with E-state index in [9.17, 15) is 9.59 Å². The van der Waals surface area contributed by atoms with Gasteiger partial charge in [-0.2, -0.15) is 0 Å². The lowest BCUT2D eigenvalue weighted by Gasteiger charge is -2.30. The Bertz CT molecular complexity index is 863. The van der Waals surface area contributed by atoms with Crippen molar-refractivity contribution in [2.45, 2.75) is 52.6 Å². The van der Waals surface area contributed by atoms with Gasteiger partial charge in [0.1, 0.15) is 0 Å². The molecular weight excluding hydrogens is 374 g/mol. The summed E-state index contributed by atoms with van der Waals surface area (Å²) < 4.78 is 0. The highest BCUT2D eigenvalue weighted by Crippen LogP contribution is 2.19. The Morgan fingerprint density at radius 1 is 1.10 bits per heavy atom. The Labute approximate surface area is 179 Å². The maximum atomic E-state index is 12.8. The SMILES string of the molecule is CC[C@H](C)NC(=O)c1ccccc1NC(=O)c1ccc(CN2CCC[C@H](C)C2)cc1. The summed E-state index contributed by atoms with van der Waals surface area (Å²) in [6.45, 7) is 9.49. The first-order valence-corrected chi connectivity index (χ1v) is 11.0. The standard InChI is InChI=1S/C25H33N3O2/c1-4-19(3)26-25(30)22-9-5-6-10-23(22)27-24(29)21-13-11-20(12-14-21)17-28-15-7-8-18(2)16-28/h5-6,9-14,18-19H,4,7-8,15-17H2,1-3H3,(H,26,30)(H,27,29)/t18-,19-/m0/s1. The van der Waals surface area contributed by atoms with Crippen LogP contribution < -0.4 is 10.6 Å². The number of carbonyl (C=O) groups excluding carboxylic acids is 2. The summed E-state index contributed by atoms with van der Waals surface area (Å²) in [4.78, 5) is 27.8. The maximum absolute atomic E-state index is 12.8. The predicted octanol–water partition coefficient (Wildman–Crippen LogP) is 4.70. The van der Waals surface area contributed by atoms with Gasteiger partial charge in [0.2, 0.25) is 0 Å². The Balaban J connectivity index is 1.64. The third-order valence-corrected chi connectivity index (χ3v) is 5.77. The number of nitrogens with one attached hydrogen (secondary N) is 2. The van der Waals surface area contributed by atoms with Crippen molar-refractivity contribution in [3.63, 3.8) is 0 Å². The average Bonchev–Trinajstić information content (AvgIpc) is 2.74. The number of anilines is 1. The van der Waals surface area contributed by atoms with Crippen LogP contribution in [0.5, 0.6) is 0 Å². The smallest absolute Gasteiger partial charge is 0.255 e. The molecule has 1 saturated heterocycles. The summed E-state index contributed by atoms with van der Waals surface area (Å²) in [5, 5.41) is 5.85. The molecule has 0 radical (unpaired) electrons. The minimum Gasteiger partial charge on any atom is -0.350 e. The van der Waals surface area contributed by atoms with Gasteiger partial charge >= 0.3 is 0 Å². The van der Waals surface area contributed by atoms with E-state index in [4.69, 9.17) is 0 Å². The fraction of sp³-hybridized carbons (Fsp3) is 0.440. The third kappa shape index (κ3) is 5.92. The molecular formula is C25H33N3O2. The van der Waals surface area contributed by atoms with Crippen LogP contribution in [0.1, 0.15) is 66.3 Å². The monoisotopic (exact) mass is 407 g/mol. The zero-order chi connectivity index (χ0) is 21.5. The number of hydrogen-bond donors (Lipinski definition) is 2. The molecule has 0 saturated carbocycles. The number of amides is 2. The second-order valence-corrected chi connectivity index (χ2v) is 8.46. The van der Waals surface area contributed by atoms with Gasteiger partial charge < -0.3 is 10.6 Å². The van der Waals surface area contributed by atoms with E-state index in [-0.39, 0.29) is 17.9 Å². The molecule has 2 amide bonds. The van der Waals surface area contributed by atoms with Crippen LogP contribution >= 0.6 is 0 Å². The first-order chi connectivity index (χ1) is 14.5. The molecule has 2 aromatic rings. The lowest BCUT2D eigenvalue weighted by molar-refractivity contribution is 0.0940. The van der Waals surface area contributed by atoms with Gasteiger partial charge in [-0.3, -0.25) is 14.5 Å². The average molecular weight is 408 g/mol. The number of benzene rings is 2. The summed E-state index contributed by atoms with van der Waals surface area (Å²) in [7, 11) is 0. The van der Waals surface area contributed by atoms with E-state index in [1.165, 1.54) is 18.4 Å². The summed E-state index contributed by atoms with van der Waals surface area (Å²) in [5.74, 6) is 0.365. The quantitative estimate of drug-likeness (QED) is 0.699. The topological polar surface area (TPSA) is 61.4 Å². The summed E-state index contributed by atoms with van der Waals surface area (Å²) in [6, 6.07) is 15.0. The zero-order valence-corrected chi connectivity index (χ0v) is 18.3. The molecule has 5 heteroatoms. The molecule has 3 rings (SSSR count). The molecule has 30 heavy (non-hydrogen) atoms. The fourth-order valence-corrected chi connectivity index (χ4v) is 3.84. The number of rotatable bonds is 7. The van der Waals surface area contributed by atoms with Gasteiger partial charge in [-0.1, -0.05) is 38.1 Å². The van der Waals surface area contributed by atoms with Crippen LogP contribution in [0.4, 0.5) is 5.69 Å². The van der Waals surface area contributed by atoms with Crippen LogP contribution in [0, 0.1) is 5.92 Å². The van der Waals surface area contributed by atoms with Crippen molar-refractivity contribution in [3.8, 4) is 0 Å². The van der Waals surface area contributed by atoms with Gasteiger partial charge in [-0.15, -0.1) is 0 Å². The molecule has 0 aromatic heterocycles. The molecule has 2 aromatic carbocycles. The molecule has 0 spiro atoms. The van der Waals surface area contributed by atoms with E-state index in [0.29, 0.717) is 16.8 Å². The number of hydrogen-bond acceptors (Lipinski definition) is 3. The van der Waals surface area contributed by atoms with E-state index in [1.807, 2.05) is 44.2 Å². The Hall–Kier alpha value is -2.66. The van der Waals surface area contributed by atoms with Gasteiger partial charge in [0.05, 0.1) is 11.3 Å². The van der Waals surface area contributed by atoms with Gasteiger partial charge in [-0.05, 0) is 68.5 Å². The Kier molecular flexibility index (Phi) is 7.63. The summed E-state index contributed by atoms with van der Waals surface area (Å²) in [5.41, 5.74) is 2.80. The minimum atomic E-state index is -0.211.